The van der Waals surface area contributed by atoms with Crippen LogP contribution in [0.1, 0.15) is 11.1 Å². The van der Waals surface area contributed by atoms with E-state index in [4.69, 9.17) is 15.2 Å². The summed E-state index contributed by atoms with van der Waals surface area (Å²) in [5, 5.41) is 0. The fourth-order valence-corrected chi connectivity index (χ4v) is 1.87. The van der Waals surface area contributed by atoms with Crippen molar-refractivity contribution in [2.45, 2.75) is 13.5 Å². The lowest BCUT2D eigenvalue weighted by Gasteiger charge is -2.16. The Labute approximate surface area is 100 Å². The molecule has 0 unspecified atom stereocenters. The van der Waals surface area contributed by atoms with E-state index in [2.05, 4.69) is 0 Å². The van der Waals surface area contributed by atoms with Crippen LogP contribution in [0.3, 0.4) is 0 Å². The Bertz CT molecular complexity index is 446. The molecule has 0 aliphatic carbocycles. The van der Waals surface area contributed by atoms with E-state index < -0.39 is 0 Å². The molecule has 0 radical (unpaired) electrons. The maximum absolute atomic E-state index is 10.8. The van der Waals surface area contributed by atoms with E-state index in [9.17, 15) is 4.79 Å². The van der Waals surface area contributed by atoms with Crippen molar-refractivity contribution in [2.75, 3.05) is 20.4 Å². The van der Waals surface area contributed by atoms with E-state index in [0.717, 1.165) is 22.6 Å². The molecule has 0 fully saturated rings. The van der Waals surface area contributed by atoms with Gasteiger partial charge in [-0.1, -0.05) is 0 Å². The SMILES string of the molecule is Cc1cc2c(cc1CN(C)CC(N)=O)OCO2. The minimum absolute atomic E-state index is 0.244. The van der Waals surface area contributed by atoms with E-state index in [1.807, 2.05) is 31.0 Å². The average Bonchev–Trinajstić information content (AvgIpc) is 2.63. The first-order valence-electron chi connectivity index (χ1n) is 5.42. The standard InChI is InChI=1S/C12H16N2O3/c1-8-3-10-11(17-7-16-10)4-9(8)5-14(2)6-12(13)15/h3-4H,5-7H2,1-2H3,(H2,13,15). The Morgan fingerprint density at radius 3 is 2.71 bits per heavy atom. The summed E-state index contributed by atoms with van der Waals surface area (Å²) in [7, 11) is 1.86. The quantitative estimate of drug-likeness (QED) is 0.833. The lowest BCUT2D eigenvalue weighted by molar-refractivity contribution is -0.118. The molecule has 1 aliphatic rings. The van der Waals surface area contributed by atoms with Gasteiger partial charge in [-0.15, -0.1) is 0 Å². The second-order valence-electron chi connectivity index (χ2n) is 4.27. The van der Waals surface area contributed by atoms with Crippen LogP contribution < -0.4 is 15.2 Å². The molecule has 1 amide bonds. The van der Waals surface area contributed by atoms with Gasteiger partial charge in [0, 0.05) is 6.54 Å². The Morgan fingerprint density at radius 2 is 2.06 bits per heavy atom. The van der Waals surface area contributed by atoms with Crippen LogP contribution in [-0.2, 0) is 11.3 Å². The van der Waals surface area contributed by atoms with Crippen LogP contribution >= 0.6 is 0 Å². The lowest BCUT2D eigenvalue weighted by atomic mass is 10.1. The third-order valence-electron chi connectivity index (χ3n) is 2.70. The number of primary amides is 1. The first kappa shape index (κ1) is 11.7. The summed E-state index contributed by atoms with van der Waals surface area (Å²) in [6, 6.07) is 3.91. The molecule has 17 heavy (non-hydrogen) atoms. The Balaban J connectivity index is 2.13. The molecule has 0 spiro atoms. The number of nitrogens with zero attached hydrogens (tertiary/aromatic N) is 1. The molecule has 0 saturated heterocycles. The van der Waals surface area contributed by atoms with Crippen molar-refractivity contribution in [3.63, 3.8) is 0 Å². The second kappa shape index (κ2) is 4.63. The van der Waals surface area contributed by atoms with E-state index in [-0.39, 0.29) is 19.2 Å². The van der Waals surface area contributed by atoms with E-state index in [1.165, 1.54) is 0 Å². The number of benzene rings is 1. The molecule has 0 saturated carbocycles. The van der Waals surface area contributed by atoms with E-state index in [1.54, 1.807) is 0 Å². The van der Waals surface area contributed by atoms with Crippen molar-refractivity contribution in [3.8, 4) is 11.5 Å². The van der Waals surface area contributed by atoms with Gasteiger partial charge in [-0.05, 0) is 37.2 Å². The number of fused-ring (bicyclic) bond motifs is 1. The number of hydrogen-bond acceptors (Lipinski definition) is 4. The number of carbonyl (C=O) groups excluding carboxylic acids is 1. The van der Waals surface area contributed by atoms with Crippen LogP contribution in [0.15, 0.2) is 12.1 Å². The van der Waals surface area contributed by atoms with Crippen molar-refractivity contribution in [1.29, 1.82) is 0 Å². The Morgan fingerprint density at radius 1 is 1.41 bits per heavy atom. The summed E-state index contributed by atoms with van der Waals surface area (Å²) >= 11 is 0. The number of rotatable bonds is 4. The van der Waals surface area contributed by atoms with Gasteiger partial charge in [0.1, 0.15) is 0 Å². The average molecular weight is 236 g/mol. The monoisotopic (exact) mass is 236 g/mol. The molecule has 2 N–H and O–H groups in total. The van der Waals surface area contributed by atoms with Gasteiger partial charge in [0.2, 0.25) is 12.7 Å². The third-order valence-corrected chi connectivity index (χ3v) is 2.70. The van der Waals surface area contributed by atoms with Crippen molar-refractivity contribution in [2.24, 2.45) is 5.73 Å². The number of nitrogens with two attached hydrogens (primary N) is 1. The molecular weight excluding hydrogens is 220 g/mol. The van der Waals surface area contributed by atoms with Crippen molar-refractivity contribution in [1.82, 2.24) is 4.90 Å². The molecule has 1 heterocycles. The molecule has 0 atom stereocenters. The fourth-order valence-electron chi connectivity index (χ4n) is 1.87. The van der Waals surface area contributed by atoms with Gasteiger partial charge in [0.25, 0.3) is 0 Å². The Kier molecular flexibility index (Phi) is 3.19. The molecular formula is C12H16N2O3. The van der Waals surface area contributed by atoms with Crippen LogP contribution in [0.5, 0.6) is 11.5 Å². The maximum atomic E-state index is 10.8. The normalized spacial score (nSPS) is 13.1. The van der Waals surface area contributed by atoms with Gasteiger partial charge in [0.05, 0.1) is 6.54 Å². The zero-order valence-corrected chi connectivity index (χ0v) is 10.0. The molecule has 5 nitrogen and oxygen atoms in total. The highest BCUT2D eigenvalue weighted by molar-refractivity contribution is 5.75. The summed E-state index contributed by atoms with van der Waals surface area (Å²) in [5.41, 5.74) is 7.38. The summed E-state index contributed by atoms with van der Waals surface area (Å²) in [4.78, 5) is 12.7. The van der Waals surface area contributed by atoms with Crippen molar-refractivity contribution >= 4 is 5.91 Å². The molecule has 92 valence electrons. The van der Waals surface area contributed by atoms with Gasteiger partial charge < -0.3 is 15.2 Å². The predicted molar refractivity (Wildman–Crippen MR) is 62.8 cm³/mol. The van der Waals surface area contributed by atoms with Crippen LogP contribution in [-0.4, -0.2) is 31.2 Å². The third kappa shape index (κ3) is 2.68. The number of ether oxygens (including phenoxy) is 2. The molecule has 1 aliphatic heterocycles. The largest absolute Gasteiger partial charge is 0.454 e. The van der Waals surface area contributed by atoms with Gasteiger partial charge in [-0.2, -0.15) is 0 Å². The van der Waals surface area contributed by atoms with E-state index >= 15 is 0 Å². The molecule has 0 bridgehead atoms. The summed E-state index contributed by atoms with van der Waals surface area (Å²) in [6.07, 6.45) is 0. The van der Waals surface area contributed by atoms with Crippen molar-refractivity contribution in [3.05, 3.63) is 23.3 Å². The zero-order valence-electron chi connectivity index (χ0n) is 10.0. The highest BCUT2D eigenvalue weighted by Crippen LogP contribution is 2.34. The number of hydrogen-bond donors (Lipinski definition) is 1. The van der Waals surface area contributed by atoms with Crippen molar-refractivity contribution < 1.29 is 14.3 Å². The van der Waals surface area contributed by atoms with Gasteiger partial charge in [-0.3, -0.25) is 9.69 Å². The Hall–Kier alpha value is -1.75. The first-order chi connectivity index (χ1) is 8.06. The summed E-state index contributed by atoms with van der Waals surface area (Å²) < 4.78 is 10.6. The maximum Gasteiger partial charge on any atom is 0.231 e. The van der Waals surface area contributed by atoms with Gasteiger partial charge in [0.15, 0.2) is 11.5 Å². The smallest absolute Gasteiger partial charge is 0.231 e. The molecule has 5 heteroatoms. The van der Waals surface area contributed by atoms with Crippen LogP contribution in [0.4, 0.5) is 0 Å². The topological polar surface area (TPSA) is 64.8 Å². The highest BCUT2D eigenvalue weighted by Gasteiger charge is 2.16. The van der Waals surface area contributed by atoms with Gasteiger partial charge in [-0.25, -0.2) is 0 Å². The van der Waals surface area contributed by atoms with E-state index in [0.29, 0.717) is 6.54 Å². The number of carbonyl (C=O) groups is 1. The molecule has 2 rings (SSSR count). The summed E-state index contributed by atoms with van der Waals surface area (Å²) in [5.74, 6) is 1.22. The van der Waals surface area contributed by atoms with Gasteiger partial charge >= 0.3 is 0 Å². The molecule has 0 aromatic heterocycles. The number of likely N-dealkylation sites (N-methyl/N-ethyl adjacent to an activating group) is 1. The molecule has 1 aromatic carbocycles. The van der Waals surface area contributed by atoms with Crippen LogP contribution in [0, 0.1) is 6.92 Å². The minimum Gasteiger partial charge on any atom is -0.454 e. The number of aryl methyl sites for hydroxylation is 1. The summed E-state index contributed by atoms with van der Waals surface area (Å²) in [6.45, 7) is 3.18. The first-order valence-corrected chi connectivity index (χ1v) is 5.42. The second-order valence-corrected chi connectivity index (χ2v) is 4.27. The fraction of sp³-hybridized carbons (Fsp3) is 0.417. The minimum atomic E-state index is -0.328. The highest BCUT2D eigenvalue weighted by atomic mass is 16.7. The number of amides is 1. The zero-order chi connectivity index (χ0) is 12.4. The van der Waals surface area contributed by atoms with Crippen LogP contribution in [0.25, 0.3) is 0 Å². The predicted octanol–water partition coefficient (Wildman–Crippen LogP) is 0.641. The van der Waals surface area contributed by atoms with Crippen LogP contribution in [0.2, 0.25) is 0 Å². The molecule has 1 aromatic rings. The lowest BCUT2D eigenvalue weighted by Crippen LogP contribution is -2.30.